The van der Waals surface area contributed by atoms with E-state index < -0.39 is 6.04 Å². The molecule has 1 atom stereocenters. The molecular weight excluding hydrogens is 256 g/mol. The Kier molecular flexibility index (Phi) is 4.61. The van der Waals surface area contributed by atoms with Gasteiger partial charge in [-0.05, 0) is 26.3 Å². The number of para-hydroxylation sites is 1. The molecule has 0 aromatic heterocycles. The highest BCUT2D eigenvalue weighted by atomic mass is 16.5. The van der Waals surface area contributed by atoms with Crippen LogP contribution in [0.5, 0.6) is 5.75 Å². The van der Waals surface area contributed by atoms with Crippen molar-refractivity contribution in [2.45, 2.75) is 45.4 Å². The summed E-state index contributed by atoms with van der Waals surface area (Å²) in [6, 6.07) is 7.22. The number of carbonyl (C=O) groups is 2. The highest BCUT2D eigenvalue weighted by Crippen LogP contribution is 2.19. The SMILES string of the molecule is CC(C)Oc1ccccc1CNC(=O)C1CCC(=O)N1. The highest BCUT2D eigenvalue weighted by Gasteiger charge is 2.26. The number of rotatable bonds is 5. The van der Waals surface area contributed by atoms with Crippen molar-refractivity contribution in [1.29, 1.82) is 0 Å². The number of hydrogen-bond acceptors (Lipinski definition) is 3. The third-order valence-corrected chi connectivity index (χ3v) is 3.10. The van der Waals surface area contributed by atoms with Crippen LogP contribution in [0.1, 0.15) is 32.3 Å². The molecule has 1 saturated heterocycles. The van der Waals surface area contributed by atoms with E-state index in [-0.39, 0.29) is 17.9 Å². The first-order valence-electron chi connectivity index (χ1n) is 6.88. The van der Waals surface area contributed by atoms with Gasteiger partial charge < -0.3 is 15.4 Å². The van der Waals surface area contributed by atoms with Crippen LogP contribution in [0.15, 0.2) is 24.3 Å². The first-order valence-corrected chi connectivity index (χ1v) is 6.88. The number of benzene rings is 1. The lowest BCUT2D eigenvalue weighted by atomic mass is 10.1. The van der Waals surface area contributed by atoms with Crippen molar-refractivity contribution in [3.63, 3.8) is 0 Å². The Hall–Kier alpha value is -2.04. The number of carbonyl (C=O) groups excluding carboxylic acids is 2. The molecule has 0 aliphatic carbocycles. The summed E-state index contributed by atoms with van der Waals surface area (Å²) in [4.78, 5) is 23.0. The smallest absolute Gasteiger partial charge is 0.242 e. The minimum Gasteiger partial charge on any atom is -0.491 e. The molecule has 108 valence electrons. The van der Waals surface area contributed by atoms with Gasteiger partial charge in [-0.2, -0.15) is 0 Å². The molecule has 0 bridgehead atoms. The van der Waals surface area contributed by atoms with E-state index in [1.54, 1.807) is 0 Å². The Labute approximate surface area is 118 Å². The first kappa shape index (κ1) is 14.4. The van der Waals surface area contributed by atoms with Crippen LogP contribution in [-0.4, -0.2) is 24.0 Å². The molecule has 20 heavy (non-hydrogen) atoms. The molecule has 1 unspecified atom stereocenters. The molecule has 1 heterocycles. The molecule has 2 rings (SSSR count). The zero-order valence-corrected chi connectivity index (χ0v) is 11.8. The third kappa shape index (κ3) is 3.73. The van der Waals surface area contributed by atoms with Crippen LogP contribution in [0.3, 0.4) is 0 Å². The average Bonchev–Trinajstić information content (AvgIpc) is 2.83. The van der Waals surface area contributed by atoms with Crippen LogP contribution in [0.4, 0.5) is 0 Å². The second kappa shape index (κ2) is 6.41. The zero-order valence-electron chi connectivity index (χ0n) is 11.8. The quantitative estimate of drug-likeness (QED) is 0.853. The van der Waals surface area contributed by atoms with Gasteiger partial charge >= 0.3 is 0 Å². The van der Waals surface area contributed by atoms with Gasteiger partial charge in [0.05, 0.1) is 6.10 Å². The summed E-state index contributed by atoms with van der Waals surface area (Å²) < 4.78 is 5.70. The molecule has 1 aliphatic heterocycles. The molecule has 1 aromatic rings. The van der Waals surface area contributed by atoms with E-state index in [0.717, 1.165) is 11.3 Å². The lowest BCUT2D eigenvalue weighted by Gasteiger charge is -2.15. The van der Waals surface area contributed by atoms with Gasteiger partial charge in [0.15, 0.2) is 0 Å². The van der Waals surface area contributed by atoms with Gasteiger partial charge in [0, 0.05) is 18.5 Å². The van der Waals surface area contributed by atoms with Crippen molar-refractivity contribution in [3.8, 4) is 5.75 Å². The molecule has 1 fully saturated rings. The summed E-state index contributed by atoms with van der Waals surface area (Å²) in [6.45, 7) is 4.32. The molecule has 1 aromatic carbocycles. The van der Waals surface area contributed by atoms with E-state index in [0.29, 0.717) is 19.4 Å². The average molecular weight is 276 g/mol. The van der Waals surface area contributed by atoms with Crippen LogP contribution >= 0.6 is 0 Å². The minimum absolute atomic E-state index is 0.0614. The molecule has 1 aliphatic rings. The van der Waals surface area contributed by atoms with Gasteiger partial charge in [-0.3, -0.25) is 9.59 Å². The van der Waals surface area contributed by atoms with E-state index >= 15 is 0 Å². The molecule has 5 heteroatoms. The van der Waals surface area contributed by atoms with E-state index in [1.165, 1.54) is 0 Å². The molecular formula is C15H20N2O3. The molecule has 2 amide bonds. The second-order valence-corrected chi connectivity index (χ2v) is 5.15. The molecule has 0 saturated carbocycles. The number of hydrogen-bond donors (Lipinski definition) is 2. The Bertz CT molecular complexity index is 500. The summed E-state index contributed by atoms with van der Waals surface area (Å²) in [5, 5.41) is 5.50. The van der Waals surface area contributed by atoms with Crippen molar-refractivity contribution in [3.05, 3.63) is 29.8 Å². The van der Waals surface area contributed by atoms with Crippen molar-refractivity contribution in [2.24, 2.45) is 0 Å². The summed E-state index contributed by atoms with van der Waals surface area (Å²) >= 11 is 0. The van der Waals surface area contributed by atoms with Crippen LogP contribution in [-0.2, 0) is 16.1 Å². The Balaban J connectivity index is 1.93. The fourth-order valence-corrected chi connectivity index (χ4v) is 2.14. The third-order valence-electron chi connectivity index (χ3n) is 3.10. The summed E-state index contributed by atoms with van der Waals surface area (Å²) in [7, 11) is 0. The fraction of sp³-hybridized carbons (Fsp3) is 0.467. The van der Waals surface area contributed by atoms with E-state index in [4.69, 9.17) is 4.74 Å². The monoisotopic (exact) mass is 276 g/mol. The van der Waals surface area contributed by atoms with Gasteiger partial charge in [-0.25, -0.2) is 0 Å². The van der Waals surface area contributed by atoms with Crippen LogP contribution in [0, 0.1) is 0 Å². The summed E-state index contributed by atoms with van der Waals surface area (Å²) in [5.41, 5.74) is 0.930. The highest BCUT2D eigenvalue weighted by molar-refractivity contribution is 5.90. The fourth-order valence-electron chi connectivity index (χ4n) is 2.14. The van der Waals surface area contributed by atoms with Gasteiger partial charge in [-0.1, -0.05) is 18.2 Å². The number of ether oxygens (including phenoxy) is 1. The van der Waals surface area contributed by atoms with Crippen LogP contribution in [0.2, 0.25) is 0 Å². The van der Waals surface area contributed by atoms with Crippen molar-refractivity contribution < 1.29 is 14.3 Å². The predicted octanol–water partition coefficient (Wildman–Crippen LogP) is 1.37. The summed E-state index contributed by atoms with van der Waals surface area (Å²) in [6.07, 6.45) is 1.07. The molecule has 0 spiro atoms. The maximum absolute atomic E-state index is 11.9. The molecule has 5 nitrogen and oxygen atoms in total. The Morgan fingerprint density at radius 2 is 2.20 bits per heavy atom. The topological polar surface area (TPSA) is 67.4 Å². The second-order valence-electron chi connectivity index (χ2n) is 5.15. The van der Waals surface area contributed by atoms with Crippen molar-refractivity contribution in [2.75, 3.05) is 0 Å². The lowest BCUT2D eigenvalue weighted by Crippen LogP contribution is -2.41. The first-order chi connectivity index (χ1) is 9.56. The zero-order chi connectivity index (χ0) is 14.5. The Morgan fingerprint density at radius 3 is 2.85 bits per heavy atom. The van der Waals surface area contributed by atoms with Gasteiger partial charge in [-0.15, -0.1) is 0 Å². The largest absolute Gasteiger partial charge is 0.491 e. The van der Waals surface area contributed by atoms with Crippen LogP contribution < -0.4 is 15.4 Å². The maximum atomic E-state index is 11.9. The number of nitrogens with one attached hydrogen (secondary N) is 2. The minimum atomic E-state index is -0.402. The standard InChI is InChI=1S/C15H20N2O3/c1-10(2)20-13-6-4-3-5-11(13)9-16-15(19)12-7-8-14(18)17-12/h3-6,10,12H,7-9H2,1-2H3,(H,16,19)(H,17,18). The van der Waals surface area contributed by atoms with E-state index in [2.05, 4.69) is 10.6 Å². The number of amides is 2. The summed E-state index contributed by atoms with van der Waals surface area (Å²) in [5.74, 6) is 0.571. The van der Waals surface area contributed by atoms with Crippen LogP contribution in [0.25, 0.3) is 0 Å². The molecule has 2 N–H and O–H groups in total. The predicted molar refractivity (Wildman–Crippen MR) is 75.2 cm³/mol. The Morgan fingerprint density at radius 1 is 1.45 bits per heavy atom. The maximum Gasteiger partial charge on any atom is 0.242 e. The van der Waals surface area contributed by atoms with Crippen molar-refractivity contribution in [1.82, 2.24) is 10.6 Å². The normalized spacial score (nSPS) is 17.9. The van der Waals surface area contributed by atoms with E-state index in [9.17, 15) is 9.59 Å². The van der Waals surface area contributed by atoms with E-state index in [1.807, 2.05) is 38.1 Å². The van der Waals surface area contributed by atoms with Gasteiger partial charge in [0.2, 0.25) is 11.8 Å². The van der Waals surface area contributed by atoms with Crippen molar-refractivity contribution >= 4 is 11.8 Å². The molecule has 0 radical (unpaired) electrons. The van der Waals surface area contributed by atoms with Gasteiger partial charge in [0.25, 0.3) is 0 Å². The lowest BCUT2D eigenvalue weighted by molar-refractivity contribution is -0.125. The van der Waals surface area contributed by atoms with Gasteiger partial charge in [0.1, 0.15) is 11.8 Å².